The lowest BCUT2D eigenvalue weighted by molar-refractivity contribution is -0.00288. The van der Waals surface area contributed by atoms with Gasteiger partial charge >= 0.3 is 6.01 Å². The maximum Gasteiger partial charge on any atom is 0.316 e. The first kappa shape index (κ1) is 27.0. The molecule has 2 fully saturated rings. The molecule has 0 radical (unpaired) electrons. The molecule has 206 valence electrons. The number of anilines is 2. The summed E-state index contributed by atoms with van der Waals surface area (Å²) in [6.45, 7) is 5.91. The van der Waals surface area contributed by atoms with Gasteiger partial charge in [0.2, 0.25) is 0 Å². The van der Waals surface area contributed by atoms with Crippen LogP contribution in [0, 0.1) is 0 Å². The maximum absolute atomic E-state index is 13.1. The Morgan fingerprint density at radius 2 is 1.92 bits per heavy atom. The molecule has 2 saturated heterocycles. The molecule has 0 atom stereocenters. The molecule has 12 heteroatoms. The molecule has 11 nitrogen and oxygen atoms in total. The highest BCUT2D eigenvalue weighted by Crippen LogP contribution is 2.27. The molecule has 39 heavy (non-hydrogen) atoms. The molecule has 2 aromatic heterocycles. The Kier molecular flexibility index (Phi) is 8.64. The van der Waals surface area contributed by atoms with Gasteiger partial charge in [-0.15, -0.1) is 11.3 Å². The van der Waals surface area contributed by atoms with Crippen LogP contribution in [-0.4, -0.2) is 81.7 Å². The van der Waals surface area contributed by atoms with Crippen LogP contribution in [0.3, 0.4) is 0 Å². The van der Waals surface area contributed by atoms with E-state index in [9.17, 15) is 14.7 Å². The number of hydrogen-bond acceptors (Lipinski definition) is 10. The highest BCUT2D eigenvalue weighted by molar-refractivity contribution is 7.14. The van der Waals surface area contributed by atoms with Crippen LogP contribution in [-0.2, 0) is 6.54 Å². The number of likely N-dealkylation sites (tertiary alicyclic amines) is 1. The van der Waals surface area contributed by atoms with Crippen molar-refractivity contribution in [2.75, 3.05) is 42.9 Å². The van der Waals surface area contributed by atoms with E-state index in [1.54, 1.807) is 29.9 Å². The lowest BCUT2D eigenvalue weighted by atomic mass is 10.0. The number of aliphatic hydroxyl groups excluding tert-OH is 1. The van der Waals surface area contributed by atoms with Crippen LogP contribution in [0.1, 0.15) is 52.6 Å². The summed E-state index contributed by atoms with van der Waals surface area (Å²) >= 11 is 1.42. The average molecular weight is 552 g/mol. The number of rotatable bonds is 10. The lowest BCUT2D eigenvalue weighted by Crippen LogP contribution is -2.49. The number of ether oxygens (including phenoxy) is 1. The molecule has 3 N–H and O–H groups in total. The fourth-order valence-corrected chi connectivity index (χ4v) is 5.47. The normalized spacial score (nSPS) is 16.5. The van der Waals surface area contributed by atoms with Crippen molar-refractivity contribution >= 4 is 34.0 Å². The number of piperidine rings is 1. The van der Waals surface area contributed by atoms with E-state index in [4.69, 9.17) is 4.74 Å². The topological polar surface area (TPSA) is 133 Å². The minimum Gasteiger partial charge on any atom is -0.460 e. The van der Waals surface area contributed by atoms with Gasteiger partial charge < -0.3 is 25.4 Å². The molecule has 0 aliphatic carbocycles. The maximum atomic E-state index is 13.1. The Labute approximate surface area is 231 Å². The quantitative estimate of drug-likeness (QED) is 0.348. The van der Waals surface area contributed by atoms with Crippen molar-refractivity contribution < 1.29 is 19.4 Å². The van der Waals surface area contributed by atoms with Crippen LogP contribution in [0.15, 0.2) is 42.0 Å². The van der Waals surface area contributed by atoms with Gasteiger partial charge in [-0.2, -0.15) is 0 Å². The van der Waals surface area contributed by atoms with E-state index in [1.807, 2.05) is 19.1 Å². The molecule has 0 spiro atoms. The zero-order chi connectivity index (χ0) is 27.2. The van der Waals surface area contributed by atoms with Crippen LogP contribution < -0.4 is 20.3 Å². The summed E-state index contributed by atoms with van der Waals surface area (Å²) in [7, 11) is 0. The van der Waals surface area contributed by atoms with Gasteiger partial charge in [-0.3, -0.25) is 14.5 Å². The summed E-state index contributed by atoms with van der Waals surface area (Å²) in [5.41, 5.74) is 2.11. The smallest absolute Gasteiger partial charge is 0.316 e. The number of nitrogens with zero attached hydrogens (tertiary/aromatic N) is 5. The summed E-state index contributed by atoms with van der Waals surface area (Å²) < 4.78 is 5.87. The number of carbonyl (C=O) groups is 2. The van der Waals surface area contributed by atoms with E-state index >= 15 is 0 Å². The number of nitrogens with one attached hydrogen (secondary N) is 2. The van der Waals surface area contributed by atoms with Crippen molar-refractivity contribution in [1.82, 2.24) is 25.2 Å². The molecule has 5 rings (SSSR count). The number of hydrogen-bond donors (Lipinski definition) is 3. The van der Waals surface area contributed by atoms with Gasteiger partial charge in [0.25, 0.3) is 11.8 Å². The van der Waals surface area contributed by atoms with Crippen molar-refractivity contribution in [3.05, 3.63) is 58.9 Å². The lowest BCUT2D eigenvalue weighted by Gasteiger charge is -2.35. The van der Waals surface area contributed by atoms with E-state index < -0.39 is 0 Å². The molecule has 2 amide bonds. The molecule has 3 aromatic rings. The van der Waals surface area contributed by atoms with Crippen molar-refractivity contribution in [2.24, 2.45) is 0 Å². The molecule has 4 heterocycles. The minimum atomic E-state index is -0.361. The third kappa shape index (κ3) is 6.88. The molecule has 0 unspecified atom stereocenters. The third-order valence-electron chi connectivity index (χ3n) is 6.71. The van der Waals surface area contributed by atoms with Crippen LogP contribution in [0.25, 0.3) is 0 Å². The van der Waals surface area contributed by atoms with E-state index in [1.165, 1.54) is 11.3 Å². The van der Waals surface area contributed by atoms with Crippen molar-refractivity contribution in [3.63, 3.8) is 0 Å². The van der Waals surface area contributed by atoms with Crippen molar-refractivity contribution in [3.8, 4) is 6.01 Å². The van der Waals surface area contributed by atoms with Gasteiger partial charge in [-0.1, -0.05) is 13.0 Å². The third-order valence-corrected chi connectivity index (χ3v) is 7.61. The number of amides is 2. The molecular weight excluding hydrogens is 518 g/mol. The minimum absolute atomic E-state index is 0.0396. The monoisotopic (exact) mass is 551 g/mol. The van der Waals surface area contributed by atoms with E-state index in [0.717, 1.165) is 43.0 Å². The molecule has 0 bridgehead atoms. The highest BCUT2D eigenvalue weighted by Gasteiger charge is 2.26. The van der Waals surface area contributed by atoms with E-state index in [2.05, 4.69) is 35.4 Å². The Morgan fingerprint density at radius 1 is 1.15 bits per heavy atom. The Morgan fingerprint density at radius 3 is 2.64 bits per heavy atom. The number of thiazole rings is 1. The number of β-amino-alcohol motifs (C(OH)–C–C–N with tert-alkyl or cyclic N) is 1. The van der Waals surface area contributed by atoms with Gasteiger partial charge in [-0.05, 0) is 30.2 Å². The number of benzene rings is 1. The molecule has 2 aliphatic heterocycles. The predicted octanol–water partition coefficient (Wildman–Crippen LogP) is 2.55. The van der Waals surface area contributed by atoms with E-state index in [0.29, 0.717) is 49.1 Å². The summed E-state index contributed by atoms with van der Waals surface area (Å²) in [6.07, 6.45) is 5.49. The van der Waals surface area contributed by atoms with Crippen molar-refractivity contribution in [1.29, 1.82) is 0 Å². The Balaban J connectivity index is 1.21. The van der Waals surface area contributed by atoms with Gasteiger partial charge in [0, 0.05) is 69.9 Å². The van der Waals surface area contributed by atoms with Crippen LogP contribution in [0.4, 0.5) is 10.8 Å². The highest BCUT2D eigenvalue weighted by atomic mass is 32.1. The summed E-state index contributed by atoms with van der Waals surface area (Å²) in [4.78, 5) is 43.1. The van der Waals surface area contributed by atoms with Gasteiger partial charge in [0.15, 0.2) is 5.13 Å². The Bertz CT molecular complexity index is 1270. The number of aliphatic hydroxyl groups is 1. The number of carbonyl (C=O) groups excluding carboxylic acids is 2. The molecule has 1 aromatic carbocycles. The fraction of sp³-hybridized carbons (Fsp3) is 0.444. The van der Waals surface area contributed by atoms with Gasteiger partial charge in [-0.25, -0.2) is 15.0 Å². The SMILES string of the molecule is CCCNC(=O)c1cc(CN2CC(O)C2)ccc1NC(=O)c1csc(N2CCC(Oc3ncccn3)CC2)n1. The second-order valence-electron chi connectivity index (χ2n) is 9.79. The first-order valence-corrected chi connectivity index (χ1v) is 14.1. The van der Waals surface area contributed by atoms with Crippen molar-refractivity contribution in [2.45, 2.75) is 44.9 Å². The summed E-state index contributed by atoms with van der Waals surface area (Å²) in [5.74, 6) is -0.595. The molecule has 0 saturated carbocycles. The largest absolute Gasteiger partial charge is 0.460 e. The zero-order valence-electron chi connectivity index (χ0n) is 21.9. The zero-order valence-corrected chi connectivity index (χ0v) is 22.7. The summed E-state index contributed by atoms with van der Waals surface area (Å²) in [5, 5.41) is 17.9. The first-order chi connectivity index (χ1) is 19.0. The number of aromatic nitrogens is 3. The Hall–Kier alpha value is -3.61. The van der Waals surface area contributed by atoms with E-state index in [-0.39, 0.29) is 24.0 Å². The summed E-state index contributed by atoms with van der Waals surface area (Å²) in [6, 6.07) is 7.61. The average Bonchev–Trinajstić information content (AvgIpc) is 3.43. The van der Waals surface area contributed by atoms with Crippen LogP contribution in [0.2, 0.25) is 0 Å². The molecule has 2 aliphatic rings. The van der Waals surface area contributed by atoms with Crippen LogP contribution in [0.5, 0.6) is 6.01 Å². The first-order valence-electron chi connectivity index (χ1n) is 13.3. The van der Waals surface area contributed by atoms with Gasteiger partial charge in [0.05, 0.1) is 17.4 Å². The fourth-order valence-electron chi connectivity index (χ4n) is 4.61. The second kappa shape index (κ2) is 12.5. The van der Waals surface area contributed by atoms with Gasteiger partial charge in [0.1, 0.15) is 11.8 Å². The second-order valence-corrected chi connectivity index (χ2v) is 10.6. The standard InChI is InChI=1S/C27H33N7O4S/c1-2-8-28-24(36)21-13-18(14-33-15-19(35)16-33)4-5-22(21)31-25(37)23-17-39-27(32-23)34-11-6-20(7-12-34)38-26-29-9-3-10-30-26/h3-5,9-10,13,17,19-20,35H,2,6-8,11-12,14-16H2,1H3,(H,28,36)(H,31,37). The molecular formula is C27H33N7O4S. The van der Waals surface area contributed by atoms with Crippen LogP contribution >= 0.6 is 11.3 Å². The predicted molar refractivity (Wildman–Crippen MR) is 148 cm³/mol.